The van der Waals surface area contributed by atoms with Gasteiger partial charge in [0.2, 0.25) is 5.91 Å². The predicted octanol–water partition coefficient (Wildman–Crippen LogP) is 5.06. The molecule has 0 radical (unpaired) electrons. The number of nitrogens with one attached hydrogen (secondary N) is 1. The van der Waals surface area contributed by atoms with Gasteiger partial charge in [-0.2, -0.15) is 0 Å². The van der Waals surface area contributed by atoms with Gasteiger partial charge in [0.1, 0.15) is 13.2 Å². The van der Waals surface area contributed by atoms with Gasteiger partial charge in [0.25, 0.3) is 0 Å². The van der Waals surface area contributed by atoms with Crippen molar-refractivity contribution in [1.82, 2.24) is 15.1 Å². The van der Waals surface area contributed by atoms with Crippen LogP contribution in [-0.2, 0) is 4.79 Å². The van der Waals surface area contributed by atoms with Gasteiger partial charge < -0.3 is 14.8 Å². The molecular weight excluding hydrogens is 462 g/mol. The van der Waals surface area contributed by atoms with E-state index in [1.807, 2.05) is 37.3 Å². The molecule has 0 saturated carbocycles. The smallest absolute Gasteiger partial charge is 0.230 e. The number of halogens is 1. The van der Waals surface area contributed by atoms with Crippen LogP contribution in [-0.4, -0.2) is 34.7 Å². The zero-order chi connectivity index (χ0) is 21.1. The fourth-order valence-corrected chi connectivity index (χ4v) is 5.19. The van der Waals surface area contributed by atoms with Crippen molar-refractivity contribution in [2.24, 2.45) is 0 Å². The summed E-state index contributed by atoms with van der Waals surface area (Å²) in [6.07, 6.45) is 0. The highest BCUT2D eigenvalue weighted by Crippen LogP contribution is 2.32. The third-order valence-electron chi connectivity index (χ3n) is 4.37. The van der Waals surface area contributed by atoms with Crippen LogP contribution in [0.1, 0.15) is 18.5 Å². The third kappa shape index (κ3) is 4.97. The molecule has 1 atom stereocenters. The van der Waals surface area contributed by atoms with E-state index in [2.05, 4.69) is 10.4 Å². The fourth-order valence-electron chi connectivity index (χ4n) is 2.89. The van der Waals surface area contributed by atoms with Gasteiger partial charge in [-0.05, 0) is 61.1 Å². The number of thioether (sulfide) groups is 1. The molecule has 30 heavy (non-hydrogen) atoms. The molecule has 156 valence electrons. The molecule has 0 spiro atoms. The van der Waals surface area contributed by atoms with E-state index in [1.165, 1.54) is 23.1 Å². The maximum absolute atomic E-state index is 12.4. The lowest BCUT2D eigenvalue weighted by molar-refractivity contribution is -0.119. The van der Waals surface area contributed by atoms with E-state index in [-0.39, 0.29) is 17.7 Å². The number of nitrogens with zero attached hydrogens (tertiary/aromatic N) is 2. The summed E-state index contributed by atoms with van der Waals surface area (Å²) in [6.45, 7) is 3.02. The molecule has 0 bridgehead atoms. The van der Waals surface area contributed by atoms with Gasteiger partial charge in [0.15, 0.2) is 19.8 Å². The Morgan fingerprint density at radius 3 is 2.77 bits per heavy atom. The SMILES string of the molecule is CC(NC(=O)CSc1nn(-c2ccc(Cl)cc2)c(=S)s1)c1ccc2c(c1)OCCO2. The zero-order valence-electron chi connectivity index (χ0n) is 16.0. The van der Waals surface area contributed by atoms with Gasteiger partial charge in [-0.1, -0.05) is 40.8 Å². The van der Waals surface area contributed by atoms with Crippen LogP contribution in [0.2, 0.25) is 5.02 Å². The van der Waals surface area contributed by atoms with Crippen molar-refractivity contribution in [1.29, 1.82) is 0 Å². The molecule has 2 aromatic carbocycles. The summed E-state index contributed by atoms with van der Waals surface area (Å²) in [4.78, 5) is 12.4. The van der Waals surface area contributed by atoms with Crippen LogP contribution in [0.3, 0.4) is 0 Å². The Kier molecular flexibility index (Phi) is 6.62. The van der Waals surface area contributed by atoms with Gasteiger partial charge in [0, 0.05) is 5.02 Å². The average Bonchev–Trinajstić information content (AvgIpc) is 3.13. The number of aromatic nitrogens is 2. The van der Waals surface area contributed by atoms with E-state index in [4.69, 9.17) is 33.3 Å². The van der Waals surface area contributed by atoms with Crippen LogP contribution in [0.5, 0.6) is 11.5 Å². The van der Waals surface area contributed by atoms with Crippen LogP contribution < -0.4 is 14.8 Å². The molecule has 0 aliphatic carbocycles. The monoisotopic (exact) mass is 479 g/mol. The van der Waals surface area contributed by atoms with E-state index in [9.17, 15) is 4.79 Å². The lowest BCUT2D eigenvalue weighted by Crippen LogP contribution is -2.28. The molecule has 10 heteroatoms. The molecule has 0 saturated heterocycles. The van der Waals surface area contributed by atoms with Crippen molar-refractivity contribution >= 4 is 52.8 Å². The Labute approximate surface area is 192 Å². The number of amides is 1. The van der Waals surface area contributed by atoms with Crippen LogP contribution in [0.25, 0.3) is 5.69 Å². The second-order valence-electron chi connectivity index (χ2n) is 6.50. The molecule has 0 fully saturated rings. The number of hydrogen-bond donors (Lipinski definition) is 1. The van der Waals surface area contributed by atoms with Crippen molar-refractivity contribution in [3.63, 3.8) is 0 Å². The number of carbonyl (C=O) groups excluding carboxylic acids is 1. The third-order valence-corrected chi connectivity index (χ3v) is 6.99. The number of rotatable bonds is 6. The summed E-state index contributed by atoms with van der Waals surface area (Å²) in [7, 11) is 0. The minimum atomic E-state index is -0.154. The normalized spacial score (nSPS) is 13.7. The Morgan fingerprint density at radius 2 is 2.00 bits per heavy atom. The minimum Gasteiger partial charge on any atom is -0.486 e. The summed E-state index contributed by atoms with van der Waals surface area (Å²) in [5, 5.41) is 8.17. The lowest BCUT2D eigenvalue weighted by atomic mass is 10.1. The summed E-state index contributed by atoms with van der Waals surface area (Å²) < 4.78 is 14.2. The van der Waals surface area contributed by atoms with Crippen molar-refractivity contribution in [3.8, 4) is 17.2 Å². The maximum Gasteiger partial charge on any atom is 0.230 e. The van der Waals surface area contributed by atoms with E-state index in [0.717, 1.165) is 21.3 Å². The molecule has 1 aliphatic rings. The standard InChI is InChI=1S/C20H18ClN3O3S3/c1-12(13-2-7-16-17(10-13)27-9-8-26-16)22-18(25)11-29-19-23-24(20(28)30-19)15-5-3-14(21)4-6-15/h2-7,10,12H,8-9,11H2,1H3,(H,22,25). The minimum absolute atomic E-state index is 0.0819. The number of benzene rings is 2. The first-order chi connectivity index (χ1) is 14.5. The first kappa shape index (κ1) is 21.2. The molecule has 1 aliphatic heterocycles. The highest BCUT2D eigenvalue weighted by Gasteiger charge is 2.16. The second-order valence-corrected chi connectivity index (χ2v) is 9.78. The fraction of sp³-hybridized carbons (Fsp3) is 0.250. The molecule has 1 unspecified atom stereocenters. The molecular formula is C20H18ClN3O3S3. The Balaban J connectivity index is 1.35. The number of carbonyl (C=O) groups is 1. The predicted molar refractivity (Wildman–Crippen MR) is 122 cm³/mol. The number of ether oxygens (including phenoxy) is 2. The molecule has 2 heterocycles. The van der Waals surface area contributed by atoms with Crippen molar-refractivity contribution < 1.29 is 14.3 Å². The molecule has 1 aromatic heterocycles. The lowest BCUT2D eigenvalue weighted by Gasteiger charge is -2.21. The van der Waals surface area contributed by atoms with Gasteiger partial charge in [-0.15, -0.1) is 5.10 Å². The second kappa shape index (κ2) is 9.38. The van der Waals surface area contributed by atoms with Crippen molar-refractivity contribution in [2.45, 2.75) is 17.3 Å². The number of hydrogen-bond acceptors (Lipinski definition) is 7. The highest BCUT2D eigenvalue weighted by molar-refractivity contribution is 8.01. The number of fused-ring (bicyclic) bond motifs is 1. The topological polar surface area (TPSA) is 65.4 Å². The van der Waals surface area contributed by atoms with Gasteiger partial charge in [-0.25, -0.2) is 4.68 Å². The average molecular weight is 480 g/mol. The Hall–Kier alpha value is -2.07. The first-order valence-electron chi connectivity index (χ1n) is 9.17. The van der Waals surface area contributed by atoms with E-state index in [1.54, 1.807) is 16.8 Å². The van der Waals surface area contributed by atoms with Gasteiger partial charge >= 0.3 is 0 Å². The van der Waals surface area contributed by atoms with Crippen LogP contribution >= 0.6 is 46.9 Å². The van der Waals surface area contributed by atoms with E-state index < -0.39 is 0 Å². The van der Waals surface area contributed by atoms with Crippen molar-refractivity contribution in [3.05, 3.63) is 57.0 Å². The van der Waals surface area contributed by atoms with Gasteiger partial charge in [-0.3, -0.25) is 4.79 Å². The maximum atomic E-state index is 12.4. The molecule has 1 N–H and O–H groups in total. The highest BCUT2D eigenvalue weighted by atomic mass is 35.5. The summed E-state index contributed by atoms with van der Waals surface area (Å²) >= 11 is 14.1. The van der Waals surface area contributed by atoms with Crippen LogP contribution in [0.15, 0.2) is 46.8 Å². The molecule has 3 aromatic rings. The molecule has 1 amide bonds. The summed E-state index contributed by atoms with van der Waals surface area (Å²) in [5.41, 5.74) is 1.80. The van der Waals surface area contributed by atoms with E-state index >= 15 is 0 Å². The Bertz CT molecular complexity index is 1110. The first-order valence-corrected chi connectivity index (χ1v) is 11.8. The summed E-state index contributed by atoms with van der Waals surface area (Å²) in [5.74, 6) is 1.61. The quantitative estimate of drug-likeness (QED) is 0.394. The molecule has 4 rings (SSSR count). The van der Waals surface area contributed by atoms with E-state index in [0.29, 0.717) is 27.9 Å². The van der Waals surface area contributed by atoms with Crippen LogP contribution in [0, 0.1) is 3.95 Å². The largest absolute Gasteiger partial charge is 0.486 e. The molecule has 6 nitrogen and oxygen atoms in total. The Morgan fingerprint density at radius 1 is 1.27 bits per heavy atom. The summed E-state index contributed by atoms with van der Waals surface area (Å²) in [6, 6.07) is 12.9. The zero-order valence-corrected chi connectivity index (χ0v) is 19.2. The van der Waals surface area contributed by atoms with Crippen molar-refractivity contribution in [2.75, 3.05) is 19.0 Å². The van der Waals surface area contributed by atoms with Crippen LogP contribution in [0.4, 0.5) is 0 Å². The van der Waals surface area contributed by atoms with Gasteiger partial charge in [0.05, 0.1) is 17.5 Å².